The topological polar surface area (TPSA) is 197 Å². The average Bonchev–Trinajstić information content (AvgIpc) is 2.98. The van der Waals surface area contributed by atoms with Crippen LogP contribution in [-0.4, -0.2) is 85.6 Å². The van der Waals surface area contributed by atoms with Crippen LogP contribution in [0.15, 0.2) is 30.3 Å². The third-order valence-corrected chi connectivity index (χ3v) is 8.38. The summed E-state index contributed by atoms with van der Waals surface area (Å²) >= 11 is 0.919. The highest BCUT2D eigenvalue weighted by molar-refractivity contribution is 8.13. The highest BCUT2D eigenvalue weighted by Gasteiger charge is 2.59. The number of hydrogen-bond acceptors (Lipinski definition) is 13. The Bertz CT molecular complexity index is 1130. The first-order valence-corrected chi connectivity index (χ1v) is 16.2. The van der Waals surface area contributed by atoms with Crippen molar-refractivity contribution in [3.63, 3.8) is 0 Å². The summed E-state index contributed by atoms with van der Waals surface area (Å²) in [7, 11) is -2.79. The molecule has 1 aliphatic rings. The quantitative estimate of drug-likeness (QED) is 0.0704. The van der Waals surface area contributed by atoms with Gasteiger partial charge in [-0.15, -0.1) is 9.05 Å². The standard InChI is InChI=1S/C27H40N3O12PS/c1-18(2)21(30-26(35)38-15-19-9-7-6-8-10-19)24(33)44-14-13-29-25(34)39-17-41-43(36)40-16-27(3,4)22(42-43)23(32)28-12-11-20(31)37-5/h6-10,18,21-22,36H,11-17H2,1-5H3,(H2-,28,29,30,32,34,35)/p+1/t21-,22-,43?/m0/s1. The maximum Gasteiger partial charge on any atom is 0.576 e. The Balaban J connectivity index is 1.70. The molecule has 2 rings (SSSR count). The maximum atomic E-state index is 12.7. The lowest BCUT2D eigenvalue weighted by Gasteiger charge is -2.36. The van der Waals surface area contributed by atoms with Crippen molar-refractivity contribution in [3.05, 3.63) is 35.9 Å². The molecule has 246 valence electrons. The minimum absolute atomic E-state index is 0.00311. The van der Waals surface area contributed by atoms with Crippen molar-refractivity contribution in [2.24, 2.45) is 11.3 Å². The summed E-state index contributed by atoms with van der Waals surface area (Å²) in [5, 5.41) is 7.25. The monoisotopic (exact) mass is 662 g/mol. The number of benzene rings is 1. The third-order valence-electron chi connectivity index (χ3n) is 6.07. The van der Waals surface area contributed by atoms with Gasteiger partial charge in [-0.25, -0.2) is 9.59 Å². The highest BCUT2D eigenvalue weighted by Crippen LogP contribution is 2.63. The molecule has 1 saturated heterocycles. The molecule has 1 aromatic rings. The van der Waals surface area contributed by atoms with E-state index in [0.29, 0.717) is 0 Å². The van der Waals surface area contributed by atoms with Gasteiger partial charge < -0.3 is 30.2 Å². The van der Waals surface area contributed by atoms with E-state index in [1.54, 1.807) is 27.7 Å². The lowest BCUT2D eigenvalue weighted by Crippen LogP contribution is -2.50. The SMILES string of the molecule is COC(=O)CCNC(=O)[C@@H]1O[P+](O)(OCOC(=O)NCCSC(=O)[C@@H](NC(=O)OCc2ccccc2)C(C)C)OCC1(C)C. The van der Waals surface area contributed by atoms with Crippen LogP contribution in [0.5, 0.6) is 0 Å². The minimum Gasteiger partial charge on any atom is -0.469 e. The van der Waals surface area contributed by atoms with Crippen LogP contribution in [0.4, 0.5) is 9.59 Å². The Kier molecular flexibility index (Phi) is 15.3. The molecule has 44 heavy (non-hydrogen) atoms. The van der Waals surface area contributed by atoms with Crippen molar-refractivity contribution in [3.8, 4) is 0 Å². The molecular formula is C27H41N3O12PS+. The minimum atomic E-state index is -4.02. The van der Waals surface area contributed by atoms with E-state index in [1.165, 1.54) is 7.11 Å². The van der Waals surface area contributed by atoms with Crippen LogP contribution in [0, 0.1) is 11.3 Å². The van der Waals surface area contributed by atoms with Crippen LogP contribution in [-0.2, 0) is 48.8 Å². The molecule has 1 heterocycles. The van der Waals surface area contributed by atoms with Crippen LogP contribution in [0.25, 0.3) is 0 Å². The zero-order chi connectivity index (χ0) is 32.8. The number of esters is 1. The molecule has 4 N–H and O–H groups in total. The molecule has 0 aromatic heterocycles. The van der Waals surface area contributed by atoms with E-state index in [2.05, 4.69) is 20.7 Å². The zero-order valence-electron chi connectivity index (χ0n) is 25.4. The predicted octanol–water partition coefficient (Wildman–Crippen LogP) is 2.69. The predicted molar refractivity (Wildman–Crippen MR) is 160 cm³/mol. The van der Waals surface area contributed by atoms with Gasteiger partial charge in [0.2, 0.25) is 11.9 Å². The summed E-state index contributed by atoms with van der Waals surface area (Å²) in [5.41, 5.74) is -0.0301. The molecule has 1 unspecified atom stereocenters. The summed E-state index contributed by atoms with van der Waals surface area (Å²) < 4.78 is 30.5. The Hall–Kier alpha value is -3.01. The smallest absolute Gasteiger partial charge is 0.469 e. The van der Waals surface area contributed by atoms with E-state index in [9.17, 15) is 28.9 Å². The summed E-state index contributed by atoms with van der Waals surface area (Å²) in [6.45, 7) is 6.22. The van der Waals surface area contributed by atoms with Crippen LogP contribution in [0.1, 0.15) is 39.7 Å². The van der Waals surface area contributed by atoms with Crippen molar-refractivity contribution >= 4 is 49.1 Å². The summed E-state index contributed by atoms with van der Waals surface area (Å²) in [6.07, 6.45) is -2.84. The molecule has 0 spiro atoms. The molecule has 15 nitrogen and oxygen atoms in total. The number of carbonyl (C=O) groups is 5. The number of amides is 3. The highest BCUT2D eigenvalue weighted by atomic mass is 32.2. The summed E-state index contributed by atoms with van der Waals surface area (Å²) in [5.74, 6) is -1.11. The van der Waals surface area contributed by atoms with Crippen LogP contribution in [0.2, 0.25) is 0 Å². The molecule has 0 aliphatic carbocycles. The summed E-state index contributed by atoms with van der Waals surface area (Å²) in [4.78, 5) is 71.4. The Labute approximate surface area is 261 Å². The third kappa shape index (κ3) is 12.9. The Morgan fingerprint density at radius 2 is 1.77 bits per heavy atom. The Morgan fingerprint density at radius 1 is 1.07 bits per heavy atom. The van der Waals surface area contributed by atoms with Gasteiger partial charge in [0.1, 0.15) is 19.3 Å². The molecule has 1 aromatic carbocycles. The molecule has 1 fully saturated rings. The second-order valence-electron chi connectivity index (χ2n) is 10.5. The van der Waals surface area contributed by atoms with Crippen molar-refractivity contribution in [2.45, 2.75) is 52.9 Å². The van der Waals surface area contributed by atoms with Gasteiger partial charge in [-0.2, -0.15) is 9.42 Å². The fourth-order valence-corrected chi connectivity index (χ4v) is 6.01. The lowest BCUT2D eigenvalue weighted by molar-refractivity contribution is -0.146. The van der Waals surface area contributed by atoms with Crippen molar-refractivity contribution < 1.29 is 56.6 Å². The number of thioether (sulfide) groups is 1. The second kappa shape index (κ2) is 18.1. The first-order valence-electron chi connectivity index (χ1n) is 13.7. The van der Waals surface area contributed by atoms with E-state index in [4.69, 9.17) is 23.0 Å². The van der Waals surface area contributed by atoms with Crippen LogP contribution in [0.3, 0.4) is 0 Å². The number of ether oxygens (including phenoxy) is 3. The fourth-order valence-electron chi connectivity index (χ4n) is 3.56. The van der Waals surface area contributed by atoms with Gasteiger partial charge in [0.05, 0.1) is 13.5 Å². The molecule has 17 heteroatoms. The zero-order valence-corrected chi connectivity index (χ0v) is 27.1. The van der Waals surface area contributed by atoms with E-state index in [1.807, 2.05) is 30.3 Å². The number of nitrogens with one attached hydrogen (secondary N) is 3. The lowest BCUT2D eigenvalue weighted by atomic mass is 9.87. The fraction of sp³-hybridized carbons (Fsp3) is 0.593. The van der Waals surface area contributed by atoms with Crippen LogP contribution >= 0.6 is 19.9 Å². The molecule has 3 amide bonds. The average molecular weight is 663 g/mol. The molecule has 3 atom stereocenters. The normalized spacial score (nSPS) is 19.8. The van der Waals surface area contributed by atoms with Gasteiger partial charge in [0.25, 0.3) is 5.91 Å². The molecule has 0 saturated carbocycles. The van der Waals surface area contributed by atoms with Gasteiger partial charge in [-0.05, 0) is 11.5 Å². The van der Waals surface area contributed by atoms with E-state index in [0.717, 1.165) is 17.3 Å². The van der Waals surface area contributed by atoms with Crippen molar-refractivity contribution in [1.29, 1.82) is 0 Å². The van der Waals surface area contributed by atoms with Gasteiger partial charge in [0, 0.05) is 24.3 Å². The number of alkyl carbamates (subject to hydrolysis) is 2. The van der Waals surface area contributed by atoms with Crippen molar-refractivity contribution in [1.82, 2.24) is 16.0 Å². The van der Waals surface area contributed by atoms with E-state index >= 15 is 0 Å². The number of rotatable bonds is 15. The first kappa shape index (κ1) is 37.2. The van der Waals surface area contributed by atoms with Gasteiger partial charge >= 0.3 is 26.3 Å². The van der Waals surface area contributed by atoms with Gasteiger partial charge in [-0.3, -0.25) is 14.4 Å². The van der Waals surface area contributed by atoms with Gasteiger partial charge in [-0.1, -0.05) is 69.8 Å². The molecular weight excluding hydrogens is 621 g/mol. The van der Waals surface area contributed by atoms with E-state index in [-0.39, 0.29) is 49.5 Å². The molecule has 0 radical (unpaired) electrons. The van der Waals surface area contributed by atoms with Gasteiger partial charge in [0.15, 0.2) is 6.10 Å². The molecule has 1 aliphatic heterocycles. The summed E-state index contributed by atoms with van der Waals surface area (Å²) in [6, 6.07) is 8.33. The van der Waals surface area contributed by atoms with E-state index < -0.39 is 56.6 Å². The number of methoxy groups -OCH3 is 1. The largest absolute Gasteiger partial charge is 0.576 e. The van der Waals surface area contributed by atoms with Crippen molar-refractivity contribution in [2.75, 3.05) is 39.4 Å². The Morgan fingerprint density at radius 3 is 2.43 bits per heavy atom. The number of carbonyl (C=O) groups excluding carboxylic acids is 5. The first-order chi connectivity index (χ1) is 20.8. The molecule has 0 bridgehead atoms. The number of hydrogen-bond donors (Lipinski definition) is 4. The maximum absolute atomic E-state index is 12.7. The second-order valence-corrected chi connectivity index (χ2v) is 13.3. The van der Waals surface area contributed by atoms with Crippen LogP contribution < -0.4 is 16.0 Å².